The third-order valence-electron chi connectivity index (χ3n) is 7.13. The number of rotatable bonds is 8. The maximum Gasteiger partial charge on any atom is 0.170 e. The van der Waals surface area contributed by atoms with E-state index in [1.807, 2.05) is 24.3 Å². The largest absolute Gasteiger partial charge is 0.296 e. The molecule has 2 fully saturated rings. The molecular weight excluding hydrogens is 416 g/mol. The van der Waals surface area contributed by atoms with Crippen molar-refractivity contribution in [3.63, 3.8) is 0 Å². The number of carbonyl (C=O) groups excluding carboxylic acids is 1. The van der Waals surface area contributed by atoms with Crippen molar-refractivity contribution in [2.45, 2.75) is 37.3 Å². The van der Waals surface area contributed by atoms with E-state index in [1.165, 1.54) is 22.3 Å². The van der Waals surface area contributed by atoms with Gasteiger partial charge in [-0.2, -0.15) is 0 Å². The second-order valence-electron chi connectivity index (χ2n) is 9.32. The van der Waals surface area contributed by atoms with E-state index in [-0.39, 0.29) is 24.2 Å². The zero-order chi connectivity index (χ0) is 22.9. The molecule has 0 aliphatic carbocycles. The van der Waals surface area contributed by atoms with Crippen LogP contribution in [0.2, 0.25) is 0 Å². The fourth-order valence-electron chi connectivity index (χ4n) is 5.39. The summed E-state index contributed by atoms with van der Waals surface area (Å²) in [4.78, 5) is 18.8. The maximum atomic E-state index is 14.1. The van der Waals surface area contributed by atoms with Crippen LogP contribution in [-0.2, 0) is 17.9 Å². The number of hydrogen-bond acceptors (Lipinski definition) is 3. The molecule has 2 aliphatic rings. The SMILES string of the molecule is O=C(C1C(c2ccccc2)N1Cc1ccccc1)C1C(c2ccccc2)N1Cc1ccccc1. The summed E-state index contributed by atoms with van der Waals surface area (Å²) in [5.41, 5.74) is 4.94. The first kappa shape index (κ1) is 21.0. The summed E-state index contributed by atoms with van der Waals surface area (Å²) in [6, 6.07) is 42.0. The van der Waals surface area contributed by atoms with E-state index in [9.17, 15) is 4.79 Å². The first-order valence-electron chi connectivity index (χ1n) is 12.0. The van der Waals surface area contributed by atoms with Crippen LogP contribution < -0.4 is 0 Å². The number of carbonyl (C=O) groups is 1. The topological polar surface area (TPSA) is 23.1 Å². The van der Waals surface area contributed by atoms with E-state index in [0.29, 0.717) is 5.78 Å². The Morgan fingerprint density at radius 1 is 0.500 bits per heavy atom. The predicted molar refractivity (Wildman–Crippen MR) is 135 cm³/mol. The second kappa shape index (κ2) is 9.02. The van der Waals surface area contributed by atoms with Gasteiger partial charge in [0.25, 0.3) is 0 Å². The molecule has 6 atom stereocenters. The Hall–Kier alpha value is -3.53. The summed E-state index contributed by atoms with van der Waals surface area (Å²) in [5.74, 6) is 0.342. The van der Waals surface area contributed by atoms with Gasteiger partial charge in [-0.05, 0) is 22.3 Å². The summed E-state index contributed by atoms with van der Waals surface area (Å²) in [5, 5.41) is 0. The minimum Gasteiger partial charge on any atom is -0.296 e. The Bertz CT molecular complexity index is 1140. The lowest BCUT2D eigenvalue weighted by molar-refractivity contribution is -0.119. The summed E-state index contributed by atoms with van der Waals surface area (Å²) in [6.45, 7) is 1.58. The summed E-state index contributed by atoms with van der Waals surface area (Å²) >= 11 is 0. The van der Waals surface area contributed by atoms with Gasteiger partial charge in [-0.15, -0.1) is 0 Å². The third kappa shape index (κ3) is 4.09. The summed E-state index contributed by atoms with van der Waals surface area (Å²) in [7, 11) is 0. The second-order valence-corrected chi connectivity index (χ2v) is 9.32. The van der Waals surface area contributed by atoms with Gasteiger partial charge in [-0.3, -0.25) is 14.6 Å². The third-order valence-corrected chi connectivity index (χ3v) is 7.13. The van der Waals surface area contributed by atoms with Crippen LogP contribution in [-0.4, -0.2) is 27.7 Å². The lowest BCUT2D eigenvalue weighted by Crippen LogP contribution is -2.22. The van der Waals surface area contributed by atoms with Crippen molar-refractivity contribution in [2.75, 3.05) is 0 Å². The lowest BCUT2D eigenvalue weighted by atomic mass is 10.0. The standard InChI is InChI=1S/C31H28N2O/c34-31(29-27(25-17-9-3-10-18-25)32(29)21-23-13-5-1-6-14-23)30-28(26-19-11-4-12-20-26)33(30)22-24-15-7-2-8-16-24/h1-20,27-30H,21-22H2. The van der Waals surface area contributed by atoms with Crippen LogP contribution in [0.4, 0.5) is 0 Å². The highest BCUT2D eigenvalue weighted by Gasteiger charge is 2.62. The zero-order valence-electron chi connectivity index (χ0n) is 19.1. The van der Waals surface area contributed by atoms with E-state index in [4.69, 9.17) is 0 Å². The highest BCUT2D eigenvalue weighted by Crippen LogP contribution is 2.52. The van der Waals surface area contributed by atoms with E-state index >= 15 is 0 Å². The van der Waals surface area contributed by atoms with Gasteiger partial charge >= 0.3 is 0 Å². The quantitative estimate of drug-likeness (QED) is 0.321. The Labute approximate surface area is 201 Å². The molecule has 0 aromatic heterocycles. The molecular formula is C31H28N2O. The van der Waals surface area contributed by atoms with Crippen LogP contribution in [0.3, 0.4) is 0 Å². The first-order valence-corrected chi connectivity index (χ1v) is 12.0. The molecule has 0 spiro atoms. The molecule has 0 saturated carbocycles. The normalized spacial score (nSPS) is 27.2. The fraction of sp³-hybridized carbons (Fsp3) is 0.194. The Morgan fingerprint density at radius 3 is 1.18 bits per heavy atom. The molecule has 3 nitrogen and oxygen atoms in total. The van der Waals surface area contributed by atoms with Gasteiger partial charge in [0.2, 0.25) is 0 Å². The van der Waals surface area contributed by atoms with E-state index in [0.717, 1.165) is 13.1 Å². The van der Waals surface area contributed by atoms with Gasteiger partial charge in [0, 0.05) is 13.1 Å². The molecule has 2 saturated heterocycles. The minimum absolute atomic E-state index is 0.0837. The van der Waals surface area contributed by atoms with Crippen LogP contribution in [0, 0.1) is 0 Å². The lowest BCUT2D eigenvalue weighted by Gasteiger charge is -2.05. The zero-order valence-corrected chi connectivity index (χ0v) is 19.1. The Kier molecular flexibility index (Phi) is 5.58. The molecule has 0 bridgehead atoms. The predicted octanol–water partition coefficient (Wildman–Crippen LogP) is 5.81. The molecule has 0 N–H and O–H groups in total. The van der Waals surface area contributed by atoms with Crippen LogP contribution in [0.1, 0.15) is 34.3 Å². The molecule has 4 aromatic rings. The number of ketones is 1. The highest BCUT2D eigenvalue weighted by molar-refractivity contribution is 5.95. The fourth-order valence-corrected chi connectivity index (χ4v) is 5.39. The Morgan fingerprint density at radius 2 is 0.824 bits per heavy atom. The van der Waals surface area contributed by atoms with E-state index < -0.39 is 0 Å². The maximum absolute atomic E-state index is 14.1. The van der Waals surface area contributed by atoms with Crippen molar-refractivity contribution >= 4 is 5.78 Å². The molecule has 2 aliphatic heterocycles. The van der Waals surface area contributed by atoms with Crippen LogP contribution in [0.25, 0.3) is 0 Å². The van der Waals surface area contributed by atoms with Crippen molar-refractivity contribution < 1.29 is 4.79 Å². The average Bonchev–Trinajstić information content (AvgIpc) is 3.80. The molecule has 0 radical (unpaired) electrons. The number of nitrogens with zero attached hydrogens (tertiary/aromatic N) is 2. The molecule has 2 heterocycles. The molecule has 6 rings (SSSR count). The number of benzene rings is 4. The van der Waals surface area contributed by atoms with Crippen molar-refractivity contribution in [1.82, 2.24) is 9.80 Å². The smallest absolute Gasteiger partial charge is 0.170 e. The van der Waals surface area contributed by atoms with Crippen molar-refractivity contribution in [3.05, 3.63) is 144 Å². The monoisotopic (exact) mass is 444 g/mol. The minimum atomic E-state index is -0.0837. The first-order chi connectivity index (χ1) is 16.8. The Balaban J connectivity index is 1.28. The van der Waals surface area contributed by atoms with Crippen molar-refractivity contribution in [3.8, 4) is 0 Å². The molecule has 4 aromatic carbocycles. The highest BCUT2D eigenvalue weighted by atomic mass is 16.1. The van der Waals surface area contributed by atoms with Gasteiger partial charge in [-0.25, -0.2) is 0 Å². The molecule has 6 unspecified atom stereocenters. The van der Waals surface area contributed by atoms with Gasteiger partial charge < -0.3 is 0 Å². The molecule has 34 heavy (non-hydrogen) atoms. The van der Waals surface area contributed by atoms with Gasteiger partial charge in [0.1, 0.15) is 0 Å². The van der Waals surface area contributed by atoms with Gasteiger partial charge in [0.15, 0.2) is 5.78 Å². The number of Topliss-reactive ketones (excluding diaryl/α,β-unsaturated/α-hetero) is 1. The summed E-state index contributed by atoms with van der Waals surface area (Å²) < 4.78 is 0. The van der Waals surface area contributed by atoms with E-state index in [2.05, 4.69) is 107 Å². The molecule has 3 heteroatoms. The number of hydrogen-bond donors (Lipinski definition) is 0. The van der Waals surface area contributed by atoms with Crippen LogP contribution in [0.5, 0.6) is 0 Å². The van der Waals surface area contributed by atoms with Crippen LogP contribution in [0.15, 0.2) is 121 Å². The average molecular weight is 445 g/mol. The van der Waals surface area contributed by atoms with Gasteiger partial charge in [-0.1, -0.05) is 121 Å². The van der Waals surface area contributed by atoms with Gasteiger partial charge in [0.05, 0.1) is 24.2 Å². The van der Waals surface area contributed by atoms with Crippen LogP contribution >= 0.6 is 0 Å². The molecule has 0 amide bonds. The van der Waals surface area contributed by atoms with Crippen molar-refractivity contribution in [2.24, 2.45) is 0 Å². The van der Waals surface area contributed by atoms with Crippen molar-refractivity contribution in [1.29, 1.82) is 0 Å². The summed E-state index contributed by atoms with van der Waals surface area (Å²) in [6.07, 6.45) is 0. The molecule has 168 valence electrons. The van der Waals surface area contributed by atoms with E-state index in [1.54, 1.807) is 0 Å².